The van der Waals surface area contributed by atoms with Crippen LogP contribution in [0.25, 0.3) is 0 Å². The fourth-order valence-electron chi connectivity index (χ4n) is 4.37. The molecule has 1 unspecified atom stereocenters. The molecule has 0 saturated carbocycles. The smallest absolute Gasteiger partial charge is 0.224 e. The molecule has 1 N–H and O–H groups in total. The predicted molar refractivity (Wildman–Crippen MR) is 109 cm³/mol. The van der Waals surface area contributed by atoms with Crippen LogP contribution >= 0.6 is 0 Å². The lowest BCUT2D eigenvalue weighted by atomic mass is 9.93. The number of carbonyl (C=O) groups is 1. The number of likely N-dealkylation sites (tertiary alicyclic amines) is 2. The number of pyridine rings is 1. The van der Waals surface area contributed by atoms with E-state index in [2.05, 4.69) is 46.1 Å². The summed E-state index contributed by atoms with van der Waals surface area (Å²) < 4.78 is 0. The number of amides is 1. The lowest BCUT2D eigenvalue weighted by molar-refractivity contribution is -0.127. The normalized spacial score (nSPS) is 22.9. The maximum atomic E-state index is 12.5. The quantitative estimate of drug-likeness (QED) is 0.799. The van der Waals surface area contributed by atoms with Crippen molar-refractivity contribution in [3.8, 4) is 0 Å². The molecular formula is C22H36N4O. The van der Waals surface area contributed by atoms with E-state index in [1.807, 2.05) is 12.4 Å². The van der Waals surface area contributed by atoms with Gasteiger partial charge in [0.2, 0.25) is 5.91 Å². The Kier molecular flexibility index (Phi) is 7.65. The van der Waals surface area contributed by atoms with Gasteiger partial charge in [0, 0.05) is 38.1 Å². The molecule has 5 heteroatoms. The van der Waals surface area contributed by atoms with Crippen molar-refractivity contribution >= 4 is 5.91 Å². The van der Waals surface area contributed by atoms with Crippen molar-refractivity contribution in [2.75, 3.05) is 32.7 Å². The SMILES string of the molecule is CC(C)CCNC(=O)C1CCCN(C2CCN(Cc3ccncc3)CC2)C1. The summed E-state index contributed by atoms with van der Waals surface area (Å²) in [6.07, 6.45) is 9.45. The summed E-state index contributed by atoms with van der Waals surface area (Å²) in [7, 11) is 0. The molecule has 1 aromatic heterocycles. The van der Waals surface area contributed by atoms with Crippen LogP contribution in [0.4, 0.5) is 0 Å². The Bertz CT molecular complexity index is 569. The molecule has 0 aliphatic carbocycles. The fraction of sp³-hybridized carbons (Fsp3) is 0.727. The van der Waals surface area contributed by atoms with Crippen LogP contribution in [-0.4, -0.2) is 59.5 Å². The molecule has 1 amide bonds. The highest BCUT2D eigenvalue weighted by molar-refractivity contribution is 5.78. The van der Waals surface area contributed by atoms with E-state index < -0.39 is 0 Å². The van der Waals surface area contributed by atoms with E-state index in [4.69, 9.17) is 0 Å². The number of nitrogens with zero attached hydrogens (tertiary/aromatic N) is 3. The average molecular weight is 373 g/mol. The predicted octanol–water partition coefficient (Wildman–Crippen LogP) is 2.92. The third kappa shape index (κ3) is 6.28. The first kappa shape index (κ1) is 20.3. The molecule has 150 valence electrons. The van der Waals surface area contributed by atoms with Gasteiger partial charge in [-0.1, -0.05) is 13.8 Å². The van der Waals surface area contributed by atoms with Gasteiger partial charge < -0.3 is 5.32 Å². The first-order valence-corrected chi connectivity index (χ1v) is 10.7. The molecule has 1 aromatic rings. The van der Waals surface area contributed by atoms with Gasteiger partial charge in [-0.05, 0) is 75.4 Å². The first-order chi connectivity index (χ1) is 13.1. The van der Waals surface area contributed by atoms with Gasteiger partial charge >= 0.3 is 0 Å². The first-order valence-electron chi connectivity index (χ1n) is 10.7. The monoisotopic (exact) mass is 372 g/mol. The van der Waals surface area contributed by atoms with Gasteiger partial charge in [0.1, 0.15) is 0 Å². The van der Waals surface area contributed by atoms with Gasteiger partial charge in [-0.15, -0.1) is 0 Å². The maximum absolute atomic E-state index is 12.5. The van der Waals surface area contributed by atoms with Crippen molar-refractivity contribution < 1.29 is 4.79 Å². The zero-order valence-electron chi connectivity index (χ0n) is 17.1. The summed E-state index contributed by atoms with van der Waals surface area (Å²) >= 11 is 0. The minimum absolute atomic E-state index is 0.181. The average Bonchev–Trinajstić information content (AvgIpc) is 2.69. The lowest BCUT2D eigenvalue weighted by Gasteiger charge is -2.42. The highest BCUT2D eigenvalue weighted by atomic mass is 16.1. The third-order valence-electron chi connectivity index (χ3n) is 6.07. The van der Waals surface area contributed by atoms with Crippen LogP contribution in [0.15, 0.2) is 24.5 Å². The maximum Gasteiger partial charge on any atom is 0.224 e. The Hall–Kier alpha value is -1.46. The van der Waals surface area contributed by atoms with E-state index in [0.717, 1.165) is 58.5 Å². The molecule has 5 nitrogen and oxygen atoms in total. The zero-order valence-corrected chi connectivity index (χ0v) is 17.1. The Morgan fingerprint density at radius 1 is 1.19 bits per heavy atom. The van der Waals surface area contributed by atoms with Gasteiger partial charge in [-0.25, -0.2) is 0 Å². The molecule has 27 heavy (non-hydrogen) atoms. The molecule has 2 aliphatic heterocycles. The highest BCUT2D eigenvalue weighted by Crippen LogP contribution is 2.24. The van der Waals surface area contributed by atoms with E-state index in [1.54, 1.807) is 0 Å². The van der Waals surface area contributed by atoms with Crippen LogP contribution in [0.3, 0.4) is 0 Å². The van der Waals surface area contributed by atoms with Crippen molar-refractivity contribution in [3.05, 3.63) is 30.1 Å². The summed E-state index contributed by atoms with van der Waals surface area (Å²) in [6, 6.07) is 4.86. The standard InChI is InChI=1S/C22H36N4O/c1-18(2)5-12-24-22(27)20-4-3-13-26(17-20)21-8-14-25(15-9-21)16-19-6-10-23-11-7-19/h6-7,10-11,18,20-21H,3-5,8-9,12-17H2,1-2H3,(H,24,27). The van der Waals surface area contributed by atoms with E-state index in [9.17, 15) is 4.79 Å². The molecule has 2 saturated heterocycles. The molecular weight excluding hydrogens is 336 g/mol. The van der Waals surface area contributed by atoms with Gasteiger partial charge in [0.15, 0.2) is 0 Å². The summed E-state index contributed by atoms with van der Waals surface area (Å²) in [6.45, 7) is 10.7. The van der Waals surface area contributed by atoms with Crippen molar-refractivity contribution in [1.82, 2.24) is 20.1 Å². The lowest BCUT2D eigenvalue weighted by Crippen LogP contribution is -2.50. The molecule has 0 spiro atoms. The molecule has 0 radical (unpaired) electrons. The second-order valence-electron chi connectivity index (χ2n) is 8.67. The van der Waals surface area contributed by atoms with Crippen molar-refractivity contribution in [2.45, 2.75) is 58.5 Å². The Morgan fingerprint density at radius 3 is 2.63 bits per heavy atom. The van der Waals surface area contributed by atoms with E-state index in [0.29, 0.717) is 12.0 Å². The zero-order chi connectivity index (χ0) is 19.1. The summed E-state index contributed by atoms with van der Waals surface area (Å²) in [5, 5.41) is 3.16. The van der Waals surface area contributed by atoms with Crippen LogP contribution in [0.5, 0.6) is 0 Å². The topological polar surface area (TPSA) is 48.5 Å². The van der Waals surface area contributed by atoms with Crippen molar-refractivity contribution in [3.63, 3.8) is 0 Å². The van der Waals surface area contributed by atoms with Gasteiger partial charge in [-0.2, -0.15) is 0 Å². The van der Waals surface area contributed by atoms with Crippen molar-refractivity contribution in [1.29, 1.82) is 0 Å². The van der Waals surface area contributed by atoms with Crippen LogP contribution in [0.1, 0.15) is 51.5 Å². The van der Waals surface area contributed by atoms with Gasteiger partial charge in [-0.3, -0.25) is 19.6 Å². The van der Waals surface area contributed by atoms with Crippen LogP contribution in [0.2, 0.25) is 0 Å². The number of rotatable bonds is 7. The number of nitrogens with one attached hydrogen (secondary N) is 1. The number of hydrogen-bond acceptors (Lipinski definition) is 4. The molecule has 2 aliphatic rings. The Labute approximate surface area is 164 Å². The number of piperidine rings is 2. The minimum Gasteiger partial charge on any atom is -0.356 e. The molecule has 2 fully saturated rings. The minimum atomic E-state index is 0.181. The van der Waals surface area contributed by atoms with E-state index in [1.165, 1.54) is 18.4 Å². The van der Waals surface area contributed by atoms with E-state index >= 15 is 0 Å². The second kappa shape index (κ2) is 10.2. The Balaban J connectivity index is 1.42. The summed E-state index contributed by atoms with van der Waals surface area (Å²) in [5.41, 5.74) is 1.35. The van der Waals surface area contributed by atoms with Gasteiger partial charge in [0.25, 0.3) is 0 Å². The van der Waals surface area contributed by atoms with Crippen LogP contribution in [0, 0.1) is 11.8 Å². The number of aromatic nitrogens is 1. The largest absolute Gasteiger partial charge is 0.356 e. The molecule has 3 rings (SSSR count). The van der Waals surface area contributed by atoms with Crippen LogP contribution < -0.4 is 5.32 Å². The Morgan fingerprint density at radius 2 is 1.93 bits per heavy atom. The second-order valence-corrected chi connectivity index (χ2v) is 8.67. The highest BCUT2D eigenvalue weighted by Gasteiger charge is 2.31. The molecule has 1 atom stereocenters. The number of carbonyl (C=O) groups excluding carboxylic acids is 1. The van der Waals surface area contributed by atoms with E-state index in [-0.39, 0.29) is 11.8 Å². The number of hydrogen-bond donors (Lipinski definition) is 1. The molecule has 3 heterocycles. The molecule has 0 bridgehead atoms. The third-order valence-corrected chi connectivity index (χ3v) is 6.07. The summed E-state index contributed by atoms with van der Waals surface area (Å²) in [4.78, 5) is 21.8. The van der Waals surface area contributed by atoms with Crippen LogP contribution in [-0.2, 0) is 11.3 Å². The summed E-state index contributed by atoms with van der Waals surface area (Å²) in [5.74, 6) is 1.10. The van der Waals surface area contributed by atoms with Gasteiger partial charge in [0.05, 0.1) is 5.92 Å². The molecule has 0 aromatic carbocycles. The van der Waals surface area contributed by atoms with Crippen molar-refractivity contribution in [2.24, 2.45) is 11.8 Å². The fourth-order valence-corrected chi connectivity index (χ4v) is 4.37.